The Kier molecular flexibility index (Phi) is 5.34. The summed E-state index contributed by atoms with van der Waals surface area (Å²) in [5.41, 5.74) is 3.28. The van der Waals surface area contributed by atoms with E-state index in [4.69, 9.17) is 29.6 Å². The molecule has 0 bridgehead atoms. The van der Waals surface area contributed by atoms with Gasteiger partial charge in [0.2, 0.25) is 5.17 Å². The fourth-order valence-corrected chi connectivity index (χ4v) is 1.13. The largest absolute Gasteiger partial charge is 0.339 e. The van der Waals surface area contributed by atoms with Gasteiger partial charge in [-0.3, -0.25) is 10.2 Å². The number of nitrogens with zero attached hydrogens (tertiary/aromatic N) is 1. The minimum Gasteiger partial charge on any atom is -0.339 e. The first kappa shape index (κ1) is 13.4. The number of carbonyl (C=O) groups is 1. The van der Waals surface area contributed by atoms with Gasteiger partial charge in [-0.1, -0.05) is 29.1 Å². The molecule has 0 aliphatic rings. The number of hydrogen-bond acceptors (Lipinski definition) is 3. The highest BCUT2D eigenvalue weighted by molar-refractivity contribution is 6.82. The maximum absolute atomic E-state index is 11.2. The number of nitrogens with one attached hydrogen (secondary N) is 2. The lowest BCUT2D eigenvalue weighted by Crippen LogP contribution is -2.28. The van der Waals surface area contributed by atoms with E-state index in [0.29, 0.717) is 10.7 Å². The van der Waals surface area contributed by atoms with Crippen LogP contribution in [0.2, 0.25) is 5.02 Å². The summed E-state index contributed by atoms with van der Waals surface area (Å²) >= 11 is 11.3. The van der Waals surface area contributed by atoms with Crippen LogP contribution in [0.25, 0.3) is 0 Å². The predicted octanol–water partition coefficient (Wildman–Crippen LogP) is 2.05. The zero-order chi connectivity index (χ0) is 12.7. The van der Waals surface area contributed by atoms with Crippen LogP contribution in [0, 0.1) is 12.3 Å². The molecule has 2 N–H and O–H groups in total. The van der Waals surface area contributed by atoms with Crippen molar-refractivity contribution in [1.29, 1.82) is 0 Å². The number of hydrogen-bond donors (Lipinski definition) is 2. The number of amides is 1. The van der Waals surface area contributed by atoms with Gasteiger partial charge in [0.1, 0.15) is 0 Å². The van der Waals surface area contributed by atoms with Crippen molar-refractivity contribution in [3.05, 3.63) is 29.3 Å². The third-order valence-electron chi connectivity index (χ3n) is 1.67. The molecule has 1 amide bonds. The molecule has 0 aromatic heterocycles. The molecule has 4 nitrogen and oxygen atoms in total. The Bertz CT molecular complexity index is 463. The summed E-state index contributed by atoms with van der Waals surface area (Å²) in [6.07, 6.45) is 4.98. The molecule has 0 heterocycles. The van der Waals surface area contributed by atoms with Crippen LogP contribution in [0.1, 0.15) is 0 Å². The van der Waals surface area contributed by atoms with Gasteiger partial charge in [-0.15, -0.1) is 6.42 Å². The molecule has 0 unspecified atom stereocenters. The number of anilines is 1. The third kappa shape index (κ3) is 4.77. The van der Waals surface area contributed by atoms with Gasteiger partial charge in [0, 0.05) is 5.02 Å². The first-order chi connectivity index (χ1) is 8.13. The monoisotopic (exact) mass is 269 g/mol. The van der Waals surface area contributed by atoms with Crippen molar-refractivity contribution in [2.24, 2.45) is 5.10 Å². The van der Waals surface area contributed by atoms with E-state index in [1.807, 2.05) is 0 Å². The standard InChI is InChI=1S/C11H9Cl2N3O/c1-2-7-14-11(17)10(13)16-15-9-5-3-8(12)4-6-9/h1,3-6,15H,7H2,(H,14,17). The van der Waals surface area contributed by atoms with Crippen LogP contribution in [0.3, 0.4) is 0 Å². The van der Waals surface area contributed by atoms with Crippen molar-refractivity contribution in [2.45, 2.75) is 0 Å². The molecule has 0 aliphatic carbocycles. The van der Waals surface area contributed by atoms with Gasteiger partial charge < -0.3 is 5.32 Å². The number of carbonyl (C=O) groups excluding carboxylic acids is 1. The van der Waals surface area contributed by atoms with Gasteiger partial charge in [0.15, 0.2) is 0 Å². The molecule has 17 heavy (non-hydrogen) atoms. The number of benzene rings is 1. The van der Waals surface area contributed by atoms with Gasteiger partial charge in [0.25, 0.3) is 5.91 Å². The summed E-state index contributed by atoms with van der Waals surface area (Å²) in [4.78, 5) is 11.2. The molecule has 0 spiro atoms. The molecule has 1 aromatic carbocycles. The molecule has 0 saturated carbocycles. The quantitative estimate of drug-likeness (QED) is 0.500. The summed E-state index contributed by atoms with van der Waals surface area (Å²) in [6, 6.07) is 6.78. The first-order valence-electron chi connectivity index (χ1n) is 4.60. The molecule has 0 saturated heterocycles. The van der Waals surface area contributed by atoms with Crippen LogP contribution in [0.5, 0.6) is 0 Å². The second kappa shape index (κ2) is 6.79. The van der Waals surface area contributed by atoms with Crippen LogP contribution in [0.4, 0.5) is 5.69 Å². The molecule has 6 heteroatoms. The minimum atomic E-state index is -0.536. The topological polar surface area (TPSA) is 53.5 Å². The number of hydrazone groups is 1. The highest BCUT2D eigenvalue weighted by Crippen LogP contribution is 2.13. The van der Waals surface area contributed by atoms with Crippen molar-refractivity contribution in [3.8, 4) is 12.3 Å². The average molecular weight is 270 g/mol. The third-order valence-corrected chi connectivity index (χ3v) is 2.17. The molecule has 88 valence electrons. The van der Waals surface area contributed by atoms with Gasteiger partial charge in [0.05, 0.1) is 12.2 Å². The van der Waals surface area contributed by atoms with Crippen molar-refractivity contribution in [3.63, 3.8) is 0 Å². The maximum atomic E-state index is 11.2. The second-order valence-corrected chi connectivity index (χ2v) is 3.70. The molecule has 0 aliphatic heterocycles. The van der Waals surface area contributed by atoms with Crippen LogP contribution < -0.4 is 10.7 Å². The minimum absolute atomic E-state index is 0.103. The Morgan fingerprint density at radius 1 is 1.41 bits per heavy atom. The summed E-state index contributed by atoms with van der Waals surface area (Å²) in [5.74, 6) is 1.72. The highest BCUT2D eigenvalue weighted by Gasteiger charge is 2.06. The van der Waals surface area contributed by atoms with Gasteiger partial charge in [-0.2, -0.15) is 5.10 Å². The zero-order valence-corrected chi connectivity index (χ0v) is 10.2. The molecule has 0 fully saturated rings. The lowest BCUT2D eigenvalue weighted by molar-refractivity contribution is -0.114. The van der Waals surface area contributed by atoms with E-state index in [2.05, 4.69) is 21.8 Å². The predicted molar refractivity (Wildman–Crippen MR) is 70.2 cm³/mol. The number of halogens is 2. The van der Waals surface area contributed by atoms with Gasteiger partial charge >= 0.3 is 0 Å². The van der Waals surface area contributed by atoms with Crippen LogP contribution in [-0.4, -0.2) is 17.6 Å². The molecule has 1 rings (SSSR count). The molecular formula is C11H9Cl2N3O. The molecule has 1 aromatic rings. The highest BCUT2D eigenvalue weighted by atomic mass is 35.5. The lowest BCUT2D eigenvalue weighted by atomic mass is 10.3. The average Bonchev–Trinajstić information content (AvgIpc) is 2.34. The Morgan fingerprint density at radius 2 is 2.06 bits per heavy atom. The van der Waals surface area contributed by atoms with Crippen molar-refractivity contribution < 1.29 is 4.79 Å². The lowest BCUT2D eigenvalue weighted by Gasteiger charge is -2.02. The number of terminal acetylenes is 1. The van der Waals surface area contributed by atoms with Crippen LogP contribution in [-0.2, 0) is 4.79 Å². The molecule has 0 radical (unpaired) electrons. The van der Waals surface area contributed by atoms with E-state index in [-0.39, 0.29) is 11.7 Å². The van der Waals surface area contributed by atoms with E-state index < -0.39 is 5.91 Å². The fourth-order valence-electron chi connectivity index (χ4n) is 0.893. The van der Waals surface area contributed by atoms with E-state index in [0.717, 1.165) is 0 Å². The Morgan fingerprint density at radius 3 is 2.65 bits per heavy atom. The van der Waals surface area contributed by atoms with Gasteiger partial charge in [-0.05, 0) is 24.3 Å². The van der Waals surface area contributed by atoms with Crippen LogP contribution >= 0.6 is 23.2 Å². The summed E-state index contributed by atoms with van der Waals surface area (Å²) in [7, 11) is 0. The smallest absolute Gasteiger partial charge is 0.284 e. The zero-order valence-electron chi connectivity index (χ0n) is 8.71. The van der Waals surface area contributed by atoms with E-state index in [1.165, 1.54) is 0 Å². The second-order valence-electron chi connectivity index (χ2n) is 2.91. The maximum Gasteiger partial charge on any atom is 0.284 e. The summed E-state index contributed by atoms with van der Waals surface area (Å²) in [6.45, 7) is 0.103. The first-order valence-corrected chi connectivity index (χ1v) is 5.35. The summed E-state index contributed by atoms with van der Waals surface area (Å²) in [5, 5.41) is 6.45. The van der Waals surface area contributed by atoms with Crippen molar-refractivity contribution in [1.82, 2.24) is 5.32 Å². The van der Waals surface area contributed by atoms with Crippen molar-refractivity contribution >= 4 is 40.0 Å². The Hall–Kier alpha value is -1.70. The van der Waals surface area contributed by atoms with E-state index in [9.17, 15) is 4.79 Å². The number of rotatable bonds is 4. The normalized spacial score (nSPS) is 10.5. The van der Waals surface area contributed by atoms with E-state index >= 15 is 0 Å². The fraction of sp³-hybridized carbons (Fsp3) is 0.0909. The van der Waals surface area contributed by atoms with Crippen molar-refractivity contribution in [2.75, 3.05) is 12.0 Å². The van der Waals surface area contributed by atoms with Crippen LogP contribution in [0.15, 0.2) is 29.4 Å². The molecular weight excluding hydrogens is 261 g/mol. The Balaban J connectivity index is 2.56. The SMILES string of the molecule is C#CCNC(=O)C(Cl)=NNc1ccc(Cl)cc1. The Labute approximate surface area is 109 Å². The summed E-state index contributed by atoms with van der Waals surface area (Å²) < 4.78 is 0. The van der Waals surface area contributed by atoms with Gasteiger partial charge in [-0.25, -0.2) is 0 Å². The van der Waals surface area contributed by atoms with E-state index in [1.54, 1.807) is 24.3 Å². The molecule has 0 atom stereocenters.